The van der Waals surface area contributed by atoms with E-state index >= 15 is 0 Å². The fraction of sp³-hybridized carbons (Fsp3) is 0.250. The maximum absolute atomic E-state index is 12.3. The summed E-state index contributed by atoms with van der Waals surface area (Å²) in [4.78, 5) is 35.7. The van der Waals surface area contributed by atoms with Gasteiger partial charge in [-0.15, -0.1) is 0 Å². The van der Waals surface area contributed by atoms with Crippen molar-refractivity contribution in [1.82, 2.24) is 0 Å². The molecule has 2 aromatic carbocycles. The number of amides is 1. The van der Waals surface area contributed by atoms with E-state index in [0.717, 1.165) is 0 Å². The van der Waals surface area contributed by atoms with E-state index < -0.39 is 24.1 Å². The Morgan fingerprint density at radius 3 is 2.41 bits per heavy atom. The van der Waals surface area contributed by atoms with Crippen LogP contribution in [0.2, 0.25) is 0 Å². The second-order valence-electron chi connectivity index (χ2n) is 6.07. The lowest BCUT2D eigenvalue weighted by molar-refractivity contribution is -0.162. The fourth-order valence-corrected chi connectivity index (χ4v) is 2.47. The standard InChI is InChI=1S/C20H19NO6/c1-12(22)14-7-9-15(10-8-14)21-19(23)13(2)26-20(24)18-11-25-16-5-3-4-6-17(16)27-18/h3-10,13,18H,11H2,1-2H3,(H,21,23)/t13-,18-/m0/s1. The molecule has 0 bridgehead atoms. The average molecular weight is 369 g/mol. The highest BCUT2D eigenvalue weighted by Gasteiger charge is 2.31. The van der Waals surface area contributed by atoms with Gasteiger partial charge >= 0.3 is 5.97 Å². The van der Waals surface area contributed by atoms with Gasteiger partial charge in [0.05, 0.1) is 0 Å². The summed E-state index contributed by atoms with van der Waals surface area (Å²) in [5.74, 6) is -0.226. The summed E-state index contributed by atoms with van der Waals surface area (Å²) in [5.41, 5.74) is 1.04. The molecule has 1 aliphatic rings. The molecule has 0 saturated carbocycles. The summed E-state index contributed by atoms with van der Waals surface area (Å²) in [6.45, 7) is 2.94. The van der Waals surface area contributed by atoms with E-state index in [9.17, 15) is 14.4 Å². The smallest absolute Gasteiger partial charge is 0.351 e. The highest BCUT2D eigenvalue weighted by atomic mass is 16.6. The van der Waals surface area contributed by atoms with Gasteiger partial charge in [0, 0.05) is 11.3 Å². The van der Waals surface area contributed by atoms with Gasteiger partial charge in [0.15, 0.2) is 23.4 Å². The van der Waals surface area contributed by atoms with Gasteiger partial charge in [0.25, 0.3) is 5.91 Å². The second kappa shape index (κ2) is 7.90. The van der Waals surface area contributed by atoms with Gasteiger partial charge in [0.2, 0.25) is 6.10 Å². The van der Waals surface area contributed by atoms with E-state index in [1.165, 1.54) is 13.8 Å². The van der Waals surface area contributed by atoms with Gasteiger partial charge in [0.1, 0.15) is 6.61 Å². The first-order valence-corrected chi connectivity index (χ1v) is 8.45. The largest absolute Gasteiger partial charge is 0.485 e. The summed E-state index contributed by atoms with van der Waals surface area (Å²) in [5, 5.41) is 2.63. The average Bonchev–Trinajstić information content (AvgIpc) is 2.67. The monoisotopic (exact) mass is 369 g/mol. The number of hydrogen-bond donors (Lipinski definition) is 1. The number of ether oxygens (including phenoxy) is 3. The van der Waals surface area contributed by atoms with Crippen LogP contribution in [0, 0.1) is 0 Å². The Balaban J connectivity index is 1.55. The van der Waals surface area contributed by atoms with E-state index in [0.29, 0.717) is 22.7 Å². The van der Waals surface area contributed by atoms with Gasteiger partial charge < -0.3 is 19.5 Å². The molecule has 0 aliphatic carbocycles. The Kier molecular flexibility index (Phi) is 5.40. The quantitative estimate of drug-likeness (QED) is 0.643. The van der Waals surface area contributed by atoms with Crippen LogP contribution in [0.15, 0.2) is 48.5 Å². The number of benzene rings is 2. The molecule has 0 radical (unpaired) electrons. The number of esters is 1. The van der Waals surface area contributed by atoms with E-state index in [2.05, 4.69) is 5.32 Å². The van der Waals surface area contributed by atoms with Crippen molar-refractivity contribution in [2.45, 2.75) is 26.1 Å². The molecule has 2 atom stereocenters. The molecule has 2 aromatic rings. The number of nitrogens with one attached hydrogen (secondary N) is 1. The Morgan fingerprint density at radius 1 is 1.07 bits per heavy atom. The molecule has 3 rings (SSSR count). The minimum Gasteiger partial charge on any atom is -0.485 e. The lowest BCUT2D eigenvalue weighted by atomic mass is 10.1. The van der Waals surface area contributed by atoms with Crippen molar-refractivity contribution in [1.29, 1.82) is 0 Å². The number of Topliss-reactive ketones (excluding diaryl/α,β-unsaturated/α-hetero) is 1. The van der Waals surface area contributed by atoms with Crippen molar-refractivity contribution in [2.24, 2.45) is 0 Å². The number of anilines is 1. The van der Waals surface area contributed by atoms with Crippen LogP contribution in [0.3, 0.4) is 0 Å². The van der Waals surface area contributed by atoms with Crippen LogP contribution in [0.25, 0.3) is 0 Å². The molecule has 0 spiro atoms. The predicted molar refractivity (Wildman–Crippen MR) is 97.0 cm³/mol. The number of rotatable bonds is 5. The first-order chi connectivity index (χ1) is 12.9. The summed E-state index contributed by atoms with van der Waals surface area (Å²) in [6.07, 6.45) is -1.96. The lowest BCUT2D eigenvalue weighted by Crippen LogP contribution is -2.41. The van der Waals surface area contributed by atoms with Crippen LogP contribution in [0.4, 0.5) is 5.69 Å². The summed E-state index contributed by atoms with van der Waals surface area (Å²) in [6, 6.07) is 13.4. The zero-order valence-electron chi connectivity index (χ0n) is 14.9. The lowest BCUT2D eigenvalue weighted by Gasteiger charge is -2.25. The molecule has 1 N–H and O–H groups in total. The zero-order chi connectivity index (χ0) is 19.4. The van der Waals surface area contributed by atoms with Crippen LogP contribution < -0.4 is 14.8 Å². The predicted octanol–water partition coefficient (Wildman–Crippen LogP) is 2.60. The normalized spacial score (nSPS) is 16.1. The number of carbonyl (C=O) groups excluding carboxylic acids is 3. The van der Waals surface area contributed by atoms with Crippen LogP contribution in [-0.4, -0.2) is 36.5 Å². The highest BCUT2D eigenvalue weighted by Crippen LogP contribution is 2.31. The number of fused-ring (bicyclic) bond motifs is 1. The minimum atomic E-state index is -1.02. The number of ketones is 1. The molecule has 1 heterocycles. The van der Waals surface area contributed by atoms with E-state index in [1.54, 1.807) is 48.5 Å². The van der Waals surface area contributed by atoms with E-state index in [4.69, 9.17) is 14.2 Å². The Bertz CT molecular complexity index is 861. The van der Waals surface area contributed by atoms with Gasteiger partial charge in [-0.1, -0.05) is 12.1 Å². The summed E-state index contributed by atoms with van der Waals surface area (Å²) < 4.78 is 16.2. The molecule has 7 heteroatoms. The Labute approximate surface area is 156 Å². The van der Waals surface area contributed by atoms with Crippen molar-refractivity contribution in [3.63, 3.8) is 0 Å². The van der Waals surface area contributed by atoms with Gasteiger partial charge in [-0.05, 0) is 50.2 Å². The SMILES string of the molecule is CC(=O)c1ccc(NC(=O)[C@H](C)OC(=O)[C@@H]2COc3ccccc3O2)cc1. The van der Waals surface area contributed by atoms with E-state index in [1.807, 2.05) is 0 Å². The minimum absolute atomic E-state index is 0.0106. The molecule has 0 saturated heterocycles. The van der Waals surface area contributed by atoms with Gasteiger partial charge in [-0.25, -0.2) is 4.79 Å². The summed E-state index contributed by atoms with van der Waals surface area (Å²) >= 11 is 0. The fourth-order valence-electron chi connectivity index (χ4n) is 2.47. The molecular formula is C20H19NO6. The molecule has 0 unspecified atom stereocenters. The molecule has 1 aliphatic heterocycles. The van der Waals surface area contributed by atoms with Crippen LogP contribution in [-0.2, 0) is 14.3 Å². The van der Waals surface area contributed by atoms with E-state index in [-0.39, 0.29) is 12.4 Å². The molecule has 1 amide bonds. The maximum Gasteiger partial charge on any atom is 0.351 e. The Morgan fingerprint density at radius 2 is 1.74 bits per heavy atom. The molecule has 140 valence electrons. The third-order valence-electron chi connectivity index (χ3n) is 3.99. The first kappa shape index (κ1) is 18.4. The summed E-state index contributed by atoms with van der Waals surface area (Å²) in [7, 11) is 0. The molecule has 0 aromatic heterocycles. The second-order valence-corrected chi connectivity index (χ2v) is 6.07. The number of para-hydroxylation sites is 2. The van der Waals surface area contributed by atoms with Crippen molar-refractivity contribution in [3.05, 3.63) is 54.1 Å². The van der Waals surface area contributed by atoms with Crippen molar-refractivity contribution in [3.8, 4) is 11.5 Å². The number of hydrogen-bond acceptors (Lipinski definition) is 6. The molecule has 27 heavy (non-hydrogen) atoms. The zero-order valence-corrected chi connectivity index (χ0v) is 14.9. The van der Waals surface area contributed by atoms with Crippen molar-refractivity contribution >= 4 is 23.3 Å². The van der Waals surface area contributed by atoms with Gasteiger partial charge in [-0.3, -0.25) is 9.59 Å². The van der Waals surface area contributed by atoms with Gasteiger partial charge in [-0.2, -0.15) is 0 Å². The topological polar surface area (TPSA) is 90.9 Å². The van der Waals surface area contributed by atoms with Crippen molar-refractivity contribution < 1.29 is 28.6 Å². The first-order valence-electron chi connectivity index (χ1n) is 8.45. The Hall–Kier alpha value is -3.35. The highest BCUT2D eigenvalue weighted by molar-refractivity contribution is 5.97. The van der Waals surface area contributed by atoms with Crippen LogP contribution in [0.1, 0.15) is 24.2 Å². The maximum atomic E-state index is 12.3. The van der Waals surface area contributed by atoms with Crippen LogP contribution in [0.5, 0.6) is 11.5 Å². The third-order valence-corrected chi connectivity index (χ3v) is 3.99. The van der Waals surface area contributed by atoms with Crippen LogP contribution >= 0.6 is 0 Å². The molecule has 0 fully saturated rings. The molecule has 7 nitrogen and oxygen atoms in total. The molecular weight excluding hydrogens is 350 g/mol. The van der Waals surface area contributed by atoms with Crippen molar-refractivity contribution in [2.75, 3.05) is 11.9 Å². The number of carbonyl (C=O) groups is 3. The third kappa shape index (κ3) is 4.44.